The molecule has 0 bridgehead atoms. The van der Waals surface area contributed by atoms with Gasteiger partial charge in [-0.3, -0.25) is 0 Å². The zero-order valence-electron chi connectivity index (χ0n) is 15.0. The highest BCUT2D eigenvalue weighted by molar-refractivity contribution is 5.93. The minimum Gasteiger partial charge on any atom is -0.497 e. The lowest BCUT2D eigenvalue weighted by Gasteiger charge is -2.10. The van der Waals surface area contributed by atoms with Crippen molar-refractivity contribution in [3.63, 3.8) is 0 Å². The molecule has 0 unspecified atom stereocenters. The van der Waals surface area contributed by atoms with Gasteiger partial charge in [0, 0.05) is 16.6 Å². The number of fused-ring (bicyclic) bond motifs is 1. The summed E-state index contributed by atoms with van der Waals surface area (Å²) in [4.78, 5) is 14.0. The highest BCUT2D eigenvalue weighted by Crippen LogP contribution is 2.30. The van der Waals surface area contributed by atoms with Gasteiger partial charge in [-0.05, 0) is 37.3 Å². The number of nitriles is 1. The number of rotatable bonds is 3. The number of hydrogen-bond acceptors (Lipinski definition) is 5. The largest absolute Gasteiger partial charge is 0.497 e. The average Bonchev–Trinajstić information content (AvgIpc) is 2.72. The number of hydrogen-bond donors (Lipinski definition) is 0. The van der Waals surface area contributed by atoms with Crippen LogP contribution in [0.5, 0.6) is 5.75 Å². The van der Waals surface area contributed by atoms with E-state index in [1.54, 1.807) is 19.2 Å². The van der Waals surface area contributed by atoms with Crippen molar-refractivity contribution in [2.45, 2.75) is 6.92 Å². The highest BCUT2D eigenvalue weighted by atomic mass is 16.5. The van der Waals surface area contributed by atoms with Crippen LogP contribution in [-0.4, -0.2) is 22.1 Å². The lowest BCUT2D eigenvalue weighted by molar-refractivity contribution is 0.415. The smallest absolute Gasteiger partial charge is 0.179 e. The number of methoxy groups -OCH3 is 1. The summed E-state index contributed by atoms with van der Waals surface area (Å²) in [5, 5.41) is 10.2. The van der Waals surface area contributed by atoms with Crippen molar-refractivity contribution in [2.75, 3.05) is 7.11 Å². The quantitative estimate of drug-likeness (QED) is 0.541. The van der Waals surface area contributed by atoms with E-state index in [1.807, 2.05) is 55.5 Å². The van der Waals surface area contributed by atoms with Crippen molar-refractivity contribution < 1.29 is 4.74 Å². The van der Waals surface area contributed by atoms with E-state index in [9.17, 15) is 5.26 Å². The minimum absolute atomic E-state index is 0.492. The third-order valence-electron chi connectivity index (χ3n) is 4.26. The van der Waals surface area contributed by atoms with Gasteiger partial charge in [-0.1, -0.05) is 30.3 Å². The van der Waals surface area contributed by atoms with Crippen molar-refractivity contribution in [2.24, 2.45) is 0 Å². The number of aryl methyl sites for hydroxylation is 1. The SMILES string of the molecule is COc1cccc(-c2nc(-c3cc(C#N)cc(C)n3)nc3ccccc23)c1. The van der Waals surface area contributed by atoms with E-state index in [0.29, 0.717) is 17.1 Å². The molecule has 0 atom stereocenters. The van der Waals surface area contributed by atoms with Crippen LogP contribution in [0.2, 0.25) is 0 Å². The predicted molar refractivity (Wildman–Crippen MR) is 104 cm³/mol. The van der Waals surface area contributed by atoms with Crippen LogP contribution in [0.3, 0.4) is 0 Å². The molecule has 0 aliphatic carbocycles. The Morgan fingerprint density at radius 1 is 0.926 bits per heavy atom. The first-order valence-electron chi connectivity index (χ1n) is 8.48. The molecule has 0 N–H and O–H groups in total. The zero-order chi connectivity index (χ0) is 18.8. The predicted octanol–water partition coefficient (Wildman–Crippen LogP) is 4.55. The maximum absolute atomic E-state index is 9.26. The summed E-state index contributed by atoms with van der Waals surface area (Å²) in [5.74, 6) is 1.25. The summed E-state index contributed by atoms with van der Waals surface area (Å²) >= 11 is 0. The van der Waals surface area contributed by atoms with Crippen molar-refractivity contribution in [1.29, 1.82) is 5.26 Å². The normalized spacial score (nSPS) is 10.6. The second kappa shape index (κ2) is 6.85. The molecule has 0 aliphatic heterocycles. The van der Waals surface area contributed by atoms with Crippen LogP contribution in [0.4, 0.5) is 0 Å². The molecule has 2 aromatic carbocycles. The summed E-state index contributed by atoms with van der Waals surface area (Å²) in [5.41, 5.74) is 4.43. The Bertz CT molecular complexity index is 1190. The van der Waals surface area contributed by atoms with Gasteiger partial charge in [0.15, 0.2) is 5.82 Å². The molecule has 27 heavy (non-hydrogen) atoms. The molecule has 2 heterocycles. The first-order chi connectivity index (χ1) is 13.2. The molecule has 2 aromatic heterocycles. The van der Waals surface area contributed by atoms with Gasteiger partial charge in [0.1, 0.15) is 11.4 Å². The van der Waals surface area contributed by atoms with Crippen LogP contribution < -0.4 is 4.74 Å². The highest BCUT2D eigenvalue weighted by Gasteiger charge is 2.13. The third kappa shape index (κ3) is 3.21. The van der Waals surface area contributed by atoms with E-state index < -0.39 is 0 Å². The summed E-state index contributed by atoms with van der Waals surface area (Å²) in [6, 6.07) is 21.3. The fourth-order valence-corrected chi connectivity index (χ4v) is 3.03. The summed E-state index contributed by atoms with van der Waals surface area (Å²) in [7, 11) is 1.64. The topological polar surface area (TPSA) is 71.7 Å². The van der Waals surface area contributed by atoms with Crippen LogP contribution in [-0.2, 0) is 0 Å². The Hall–Kier alpha value is -3.78. The van der Waals surface area contributed by atoms with Gasteiger partial charge in [0.2, 0.25) is 0 Å². The lowest BCUT2D eigenvalue weighted by atomic mass is 10.1. The van der Waals surface area contributed by atoms with E-state index >= 15 is 0 Å². The number of nitrogens with zero attached hydrogens (tertiary/aromatic N) is 4. The second-order valence-electron chi connectivity index (χ2n) is 6.14. The molecular weight excluding hydrogens is 336 g/mol. The zero-order valence-corrected chi connectivity index (χ0v) is 15.0. The van der Waals surface area contributed by atoms with Crippen LogP contribution in [0.15, 0.2) is 60.7 Å². The molecule has 4 rings (SSSR count). The van der Waals surface area contributed by atoms with Crippen LogP contribution >= 0.6 is 0 Å². The van der Waals surface area contributed by atoms with Crippen molar-refractivity contribution in [3.05, 3.63) is 71.9 Å². The van der Waals surface area contributed by atoms with Gasteiger partial charge >= 0.3 is 0 Å². The third-order valence-corrected chi connectivity index (χ3v) is 4.26. The van der Waals surface area contributed by atoms with Gasteiger partial charge in [-0.25, -0.2) is 15.0 Å². The molecule has 5 nitrogen and oxygen atoms in total. The van der Waals surface area contributed by atoms with Gasteiger partial charge in [0.05, 0.1) is 30.0 Å². The summed E-state index contributed by atoms with van der Waals surface area (Å²) in [6.45, 7) is 1.86. The molecule has 0 spiro atoms. The van der Waals surface area contributed by atoms with E-state index in [1.165, 1.54) is 0 Å². The number of para-hydroxylation sites is 1. The first-order valence-corrected chi connectivity index (χ1v) is 8.48. The Morgan fingerprint density at radius 3 is 2.59 bits per heavy atom. The minimum atomic E-state index is 0.492. The molecule has 0 radical (unpaired) electrons. The molecule has 0 amide bonds. The fraction of sp³-hybridized carbons (Fsp3) is 0.0909. The molecule has 5 heteroatoms. The molecular formula is C22H16N4O. The Labute approximate surface area is 156 Å². The van der Waals surface area contributed by atoms with Crippen molar-refractivity contribution >= 4 is 10.9 Å². The standard InChI is InChI=1S/C22H16N4O/c1-14-10-15(13-23)11-20(24-14)22-25-19-9-4-3-8-18(19)21(26-22)16-6-5-7-17(12-16)27-2/h3-12H,1-2H3. The van der Waals surface area contributed by atoms with Gasteiger partial charge < -0.3 is 4.74 Å². The van der Waals surface area contributed by atoms with Crippen LogP contribution in [0.1, 0.15) is 11.3 Å². The average molecular weight is 352 g/mol. The van der Waals surface area contributed by atoms with E-state index in [2.05, 4.69) is 16.0 Å². The Balaban J connectivity index is 1.99. The molecule has 0 saturated carbocycles. The maximum Gasteiger partial charge on any atom is 0.179 e. The van der Waals surface area contributed by atoms with Gasteiger partial charge in [-0.15, -0.1) is 0 Å². The molecule has 0 fully saturated rings. The fourth-order valence-electron chi connectivity index (χ4n) is 3.03. The maximum atomic E-state index is 9.26. The monoisotopic (exact) mass is 352 g/mol. The molecule has 0 aliphatic rings. The summed E-state index contributed by atoms with van der Waals surface area (Å²) in [6.07, 6.45) is 0. The molecule has 4 aromatic rings. The number of ether oxygens (including phenoxy) is 1. The Kier molecular flexibility index (Phi) is 4.23. The van der Waals surface area contributed by atoms with E-state index in [-0.39, 0.29) is 0 Å². The Morgan fingerprint density at radius 2 is 1.78 bits per heavy atom. The number of aromatic nitrogens is 3. The lowest BCUT2D eigenvalue weighted by Crippen LogP contribution is -1.98. The molecule has 0 saturated heterocycles. The van der Waals surface area contributed by atoms with Gasteiger partial charge in [0.25, 0.3) is 0 Å². The second-order valence-corrected chi connectivity index (χ2v) is 6.14. The van der Waals surface area contributed by atoms with E-state index in [4.69, 9.17) is 9.72 Å². The van der Waals surface area contributed by atoms with E-state index in [0.717, 1.165) is 33.6 Å². The summed E-state index contributed by atoms with van der Waals surface area (Å²) < 4.78 is 5.36. The van der Waals surface area contributed by atoms with Crippen molar-refractivity contribution in [1.82, 2.24) is 15.0 Å². The van der Waals surface area contributed by atoms with Crippen LogP contribution in [0, 0.1) is 18.3 Å². The first kappa shape index (κ1) is 16.7. The van der Waals surface area contributed by atoms with Crippen LogP contribution in [0.25, 0.3) is 33.7 Å². The number of pyridine rings is 1. The molecule has 130 valence electrons. The van der Waals surface area contributed by atoms with Crippen molar-refractivity contribution in [3.8, 4) is 34.6 Å². The van der Waals surface area contributed by atoms with Gasteiger partial charge in [-0.2, -0.15) is 5.26 Å². The number of benzene rings is 2.